The molecule has 1 N–H and O–H groups in total. The van der Waals surface area contributed by atoms with Gasteiger partial charge in [0, 0.05) is 31.9 Å². The number of likely N-dealkylation sites (tertiary alicyclic amines) is 1. The fraction of sp³-hybridized carbons (Fsp3) is 0.923. The second kappa shape index (κ2) is 8.81. The van der Waals surface area contributed by atoms with Crippen molar-refractivity contribution in [2.75, 3.05) is 31.2 Å². The zero-order valence-corrected chi connectivity index (χ0v) is 11.7. The largest absolute Gasteiger partial charge is 0.396 e. The molecular formula is C13H25NO2S. The number of nitrogens with zero attached hydrogens (tertiary/aromatic N) is 1. The molecule has 0 aromatic rings. The Bertz CT molecular complexity index is 215. The number of thioether (sulfide) groups is 1. The third-order valence-electron chi connectivity index (χ3n) is 3.33. The van der Waals surface area contributed by atoms with Gasteiger partial charge in [-0.25, -0.2) is 0 Å². The van der Waals surface area contributed by atoms with Gasteiger partial charge in [-0.15, -0.1) is 0 Å². The van der Waals surface area contributed by atoms with Crippen LogP contribution in [0.2, 0.25) is 0 Å². The molecule has 0 radical (unpaired) electrons. The van der Waals surface area contributed by atoms with Crippen molar-refractivity contribution >= 4 is 17.7 Å². The van der Waals surface area contributed by atoms with E-state index in [1.165, 1.54) is 18.6 Å². The first kappa shape index (κ1) is 14.8. The average molecular weight is 259 g/mol. The summed E-state index contributed by atoms with van der Waals surface area (Å²) in [5, 5.41) is 9.03. The van der Waals surface area contributed by atoms with Crippen LogP contribution >= 0.6 is 11.8 Å². The smallest absolute Gasteiger partial charge is 0.223 e. The molecule has 3 nitrogen and oxygen atoms in total. The maximum atomic E-state index is 11.9. The SMILES string of the molecule is CCCCSCCC(=O)N1CCC(CO)CC1. The van der Waals surface area contributed by atoms with Crippen LogP contribution in [0.25, 0.3) is 0 Å². The Morgan fingerprint density at radius 1 is 1.35 bits per heavy atom. The molecular weight excluding hydrogens is 234 g/mol. The lowest BCUT2D eigenvalue weighted by atomic mass is 9.98. The molecule has 1 fully saturated rings. The van der Waals surface area contributed by atoms with Crippen molar-refractivity contribution in [3.8, 4) is 0 Å². The van der Waals surface area contributed by atoms with E-state index in [9.17, 15) is 4.79 Å². The van der Waals surface area contributed by atoms with Gasteiger partial charge >= 0.3 is 0 Å². The molecule has 0 saturated carbocycles. The van der Waals surface area contributed by atoms with Gasteiger partial charge in [0.2, 0.25) is 5.91 Å². The van der Waals surface area contributed by atoms with E-state index in [2.05, 4.69) is 6.92 Å². The number of rotatable bonds is 7. The molecule has 1 amide bonds. The van der Waals surface area contributed by atoms with E-state index >= 15 is 0 Å². The van der Waals surface area contributed by atoms with Crippen molar-refractivity contribution in [3.05, 3.63) is 0 Å². The Kier molecular flexibility index (Phi) is 7.69. The number of piperidine rings is 1. The first-order valence-electron chi connectivity index (χ1n) is 6.74. The van der Waals surface area contributed by atoms with E-state index in [1.807, 2.05) is 16.7 Å². The first-order valence-corrected chi connectivity index (χ1v) is 7.89. The summed E-state index contributed by atoms with van der Waals surface area (Å²) in [5.41, 5.74) is 0. The summed E-state index contributed by atoms with van der Waals surface area (Å²) < 4.78 is 0. The summed E-state index contributed by atoms with van der Waals surface area (Å²) in [6.45, 7) is 4.14. The normalized spacial score (nSPS) is 17.4. The monoisotopic (exact) mass is 259 g/mol. The fourth-order valence-electron chi connectivity index (χ4n) is 2.03. The van der Waals surface area contributed by atoms with Crippen LogP contribution in [0, 0.1) is 5.92 Å². The molecule has 1 aliphatic heterocycles. The predicted molar refractivity (Wildman–Crippen MR) is 73.2 cm³/mol. The summed E-state index contributed by atoms with van der Waals surface area (Å²) in [6, 6.07) is 0. The molecule has 0 atom stereocenters. The lowest BCUT2D eigenvalue weighted by Gasteiger charge is -2.31. The highest BCUT2D eigenvalue weighted by Gasteiger charge is 2.21. The van der Waals surface area contributed by atoms with Gasteiger partial charge in [0.1, 0.15) is 0 Å². The number of amides is 1. The molecule has 1 saturated heterocycles. The van der Waals surface area contributed by atoms with Crippen LogP contribution in [-0.4, -0.2) is 47.1 Å². The molecule has 1 aliphatic rings. The number of carbonyl (C=O) groups is 1. The van der Waals surface area contributed by atoms with Gasteiger partial charge < -0.3 is 10.0 Å². The summed E-state index contributed by atoms with van der Waals surface area (Å²) in [7, 11) is 0. The second-order valence-electron chi connectivity index (χ2n) is 4.72. The van der Waals surface area contributed by atoms with E-state index in [0.29, 0.717) is 18.2 Å². The van der Waals surface area contributed by atoms with Gasteiger partial charge in [-0.1, -0.05) is 13.3 Å². The number of hydrogen-bond acceptors (Lipinski definition) is 3. The molecule has 0 bridgehead atoms. The minimum atomic E-state index is 0.273. The third-order valence-corrected chi connectivity index (χ3v) is 4.40. The summed E-state index contributed by atoms with van der Waals surface area (Å²) in [5.74, 6) is 2.85. The van der Waals surface area contributed by atoms with E-state index in [-0.39, 0.29) is 6.61 Å². The minimum Gasteiger partial charge on any atom is -0.396 e. The number of carbonyl (C=O) groups excluding carboxylic acids is 1. The summed E-state index contributed by atoms with van der Waals surface area (Å²) in [6.07, 6.45) is 5.09. The van der Waals surface area contributed by atoms with Gasteiger partial charge in [0.05, 0.1) is 0 Å². The summed E-state index contributed by atoms with van der Waals surface area (Å²) >= 11 is 1.89. The maximum Gasteiger partial charge on any atom is 0.223 e. The minimum absolute atomic E-state index is 0.273. The highest BCUT2D eigenvalue weighted by Crippen LogP contribution is 2.17. The topological polar surface area (TPSA) is 40.5 Å². The Hall–Kier alpha value is -0.220. The Morgan fingerprint density at radius 2 is 2.06 bits per heavy atom. The Labute approximate surface area is 109 Å². The van der Waals surface area contributed by atoms with E-state index < -0.39 is 0 Å². The molecule has 1 rings (SSSR count). The molecule has 0 aromatic heterocycles. The fourth-order valence-corrected chi connectivity index (χ4v) is 3.05. The van der Waals surface area contributed by atoms with Crippen molar-refractivity contribution in [1.29, 1.82) is 0 Å². The standard InChI is InChI=1S/C13H25NO2S/c1-2-3-9-17-10-6-13(16)14-7-4-12(11-15)5-8-14/h12,15H,2-11H2,1H3. The number of aliphatic hydroxyl groups excluding tert-OH is 1. The van der Waals surface area contributed by atoms with Crippen LogP contribution in [0.15, 0.2) is 0 Å². The molecule has 100 valence electrons. The van der Waals surface area contributed by atoms with Crippen molar-refractivity contribution in [1.82, 2.24) is 4.90 Å². The lowest BCUT2D eigenvalue weighted by molar-refractivity contribution is -0.132. The molecule has 4 heteroatoms. The van der Waals surface area contributed by atoms with Crippen molar-refractivity contribution < 1.29 is 9.90 Å². The first-order chi connectivity index (χ1) is 8.27. The molecule has 0 aliphatic carbocycles. The number of hydrogen-bond donors (Lipinski definition) is 1. The van der Waals surface area contributed by atoms with Crippen LogP contribution in [0.5, 0.6) is 0 Å². The highest BCUT2D eigenvalue weighted by atomic mass is 32.2. The number of aliphatic hydroxyl groups is 1. The molecule has 0 spiro atoms. The zero-order chi connectivity index (χ0) is 12.5. The maximum absolute atomic E-state index is 11.9. The number of unbranched alkanes of at least 4 members (excludes halogenated alkanes) is 1. The Morgan fingerprint density at radius 3 is 2.65 bits per heavy atom. The third kappa shape index (κ3) is 5.77. The van der Waals surface area contributed by atoms with Crippen LogP contribution in [0.1, 0.15) is 39.0 Å². The van der Waals surface area contributed by atoms with E-state index in [4.69, 9.17) is 5.11 Å². The van der Waals surface area contributed by atoms with Gasteiger partial charge in [0.25, 0.3) is 0 Å². The van der Waals surface area contributed by atoms with Gasteiger partial charge in [0.15, 0.2) is 0 Å². The highest BCUT2D eigenvalue weighted by molar-refractivity contribution is 7.99. The molecule has 0 unspecified atom stereocenters. The second-order valence-corrected chi connectivity index (χ2v) is 5.95. The quantitative estimate of drug-likeness (QED) is 0.712. The van der Waals surface area contributed by atoms with Crippen LogP contribution < -0.4 is 0 Å². The molecule has 1 heterocycles. The van der Waals surface area contributed by atoms with Crippen molar-refractivity contribution in [3.63, 3.8) is 0 Å². The molecule has 0 aromatic carbocycles. The van der Waals surface area contributed by atoms with Crippen LogP contribution in [0.3, 0.4) is 0 Å². The Balaban J connectivity index is 2.08. The van der Waals surface area contributed by atoms with Crippen molar-refractivity contribution in [2.24, 2.45) is 5.92 Å². The van der Waals surface area contributed by atoms with Gasteiger partial charge in [-0.2, -0.15) is 11.8 Å². The average Bonchev–Trinajstić information content (AvgIpc) is 2.38. The zero-order valence-electron chi connectivity index (χ0n) is 10.9. The predicted octanol–water partition coefficient (Wildman–Crippen LogP) is 2.14. The van der Waals surface area contributed by atoms with Crippen LogP contribution in [-0.2, 0) is 4.79 Å². The van der Waals surface area contributed by atoms with E-state index in [1.54, 1.807) is 0 Å². The molecule has 17 heavy (non-hydrogen) atoms. The van der Waals surface area contributed by atoms with Crippen molar-refractivity contribution in [2.45, 2.75) is 39.0 Å². The van der Waals surface area contributed by atoms with E-state index in [0.717, 1.165) is 31.7 Å². The van der Waals surface area contributed by atoms with Gasteiger partial charge in [-0.05, 0) is 30.9 Å². The van der Waals surface area contributed by atoms with Gasteiger partial charge in [-0.3, -0.25) is 4.79 Å². The summed E-state index contributed by atoms with van der Waals surface area (Å²) in [4.78, 5) is 13.8. The lowest BCUT2D eigenvalue weighted by Crippen LogP contribution is -2.39. The van der Waals surface area contributed by atoms with Crippen LogP contribution in [0.4, 0.5) is 0 Å².